The van der Waals surface area contributed by atoms with Crippen LogP contribution in [-0.4, -0.2) is 24.4 Å². The summed E-state index contributed by atoms with van der Waals surface area (Å²) in [7, 11) is 0. The molecule has 0 unspecified atom stereocenters. The fourth-order valence-corrected chi connectivity index (χ4v) is 4.36. The minimum Gasteiger partial charge on any atom is -0.352 e. The van der Waals surface area contributed by atoms with E-state index in [9.17, 15) is 9.59 Å². The predicted molar refractivity (Wildman–Crippen MR) is 143 cm³/mol. The number of hydrogen-bond donors (Lipinski definition) is 4. The molecule has 4 rings (SSSR count). The number of carbonyl (C=O) groups excluding carboxylic acids is 2. The van der Waals surface area contributed by atoms with Gasteiger partial charge in [0.15, 0.2) is 0 Å². The molecule has 0 radical (unpaired) electrons. The highest BCUT2D eigenvalue weighted by atomic mass is 16.2. The van der Waals surface area contributed by atoms with Gasteiger partial charge < -0.3 is 22.1 Å². The van der Waals surface area contributed by atoms with E-state index < -0.39 is 0 Å². The number of rotatable bonds is 9. The second-order valence-electron chi connectivity index (χ2n) is 8.98. The molecule has 0 spiro atoms. The van der Waals surface area contributed by atoms with E-state index in [1.807, 2.05) is 31.2 Å². The summed E-state index contributed by atoms with van der Waals surface area (Å²) in [6.45, 7) is 3.08. The van der Waals surface area contributed by atoms with Gasteiger partial charge in [0.25, 0.3) is 0 Å². The van der Waals surface area contributed by atoms with Crippen molar-refractivity contribution in [3.63, 3.8) is 0 Å². The Hall–Kier alpha value is -3.74. The molecule has 0 saturated carbocycles. The van der Waals surface area contributed by atoms with Gasteiger partial charge in [-0.05, 0) is 68.9 Å². The lowest BCUT2D eigenvalue weighted by atomic mass is 9.94. The Morgan fingerprint density at radius 3 is 2.20 bits per heavy atom. The van der Waals surface area contributed by atoms with Crippen molar-refractivity contribution in [2.75, 3.05) is 6.54 Å². The van der Waals surface area contributed by atoms with E-state index in [0.29, 0.717) is 32.5 Å². The van der Waals surface area contributed by atoms with Gasteiger partial charge in [-0.15, -0.1) is 0 Å². The number of fused-ring (bicyclic) bond motifs is 2. The lowest BCUT2D eigenvalue weighted by Crippen LogP contribution is -2.29. The summed E-state index contributed by atoms with van der Waals surface area (Å²) < 4.78 is 0. The predicted octanol–water partition coefficient (Wildman–Crippen LogP) is 3.98. The average Bonchev–Trinajstić information content (AvgIpc) is 2.85. The van der Waals surface area contributed by atoms with Crippen molar-refractivity contribution >= 4 is 33.4 Å². The largest absolute Gasteiger partial charge is 0.352 e. The number of carbonyl (C=O) groups is 2. The van der Waals surface area contributed by atoms with E-state index in [0.717, 1.165) is 43.8 Å². The van der Waals surface area contributed by atoms with Gasteiger partial charge >= 0.3 is 0 Å². The Bertz CT molecular complexity index is 1360. The van der Waals surface area contributed by atoms with Gasteiger partial charge in [0, 0.05) is 38.5 Å². The lowest BCUT2D eigenvalue weighted by Gasteiger charge is -2.14. The van der Waals surface area contributed by atoms with E-state index in [1.165, 1.54) is 0 Å². The summed E-state index contributed by atoms with van der Waals surface area (Å²) in [6.07, 6.45) is 0.627. The van der Waals surface area contributed by atoms with Crippen molar-refractivity contribution in [3.8, 4) is 11.1 Å². The average molecular weight is 469 g/mol. The summed E-state index contributed by atoms with van der Waals surface area (Å²) in [5, 5.41) is 10.4. The molecule has 1 atom stereocenters. The van der Waals surface area contributed by atoms with Crippen molar-refractivity contribution in [1.82, 2.24) is 10.6 Å². The van der Waals surface area contributed by atoms with Crippen LogP contribution in [0.2, 0.25) is 0 Å². The first-order chi connectivity index (χ1) is 16.9. The third kappa shape index (κ3) is 6.04. The lowest BCUT2D eigenvalue weighted by molar-refractivity contribution is -0.122. The molecule has 0 heterocycles. The van der Waals surface area contributed by atoms with Crippen LogP contribution in [0.5, 0.6) is 0 Å². The molecule has 0 aromatic heterocycles. The summed E-state index contributed by atoms with van der Waals surface area (Å²) >= 11 is 0. The maximum absolute atomic E-state index is 12.2. The molecule has 6 nitrogen and oxygen atoms in total. The van der Waals surface area contributed by atoms with Gasteiger partial charge in [0.05, 0.1) is 0 Å². The summed E-state index contributed by atoms with van der Waals surface area (Å²) in [5.74, 6) is -0.0934. The van der Waals surface area contributed by atoms with Gasteiger partial charge in [-0.3, -0.25) is 9.59 Å². The minimum absolute atomic E-state index is 0.0437. The van der Waals surface area contributed by atoms with Gasteiger partial charge in [0.1, 0.15) is 0 Å². The highest BCUT2D eigenvalue weighted by molar-refractivity contribution is 5.94. The van der Waals surface area contributed by atoms with Crippen molar-refractivity contribution in [1.29, 1.82) is 0 Å². The van der Waals surface area contributed by atoms with Crippen LogP contribution in [0.1, 0.15) is 30.9 Å². The van der Waals surface area contributed by atoms with Crippen molar-refractivity contribution in [2.24, 2.45) is 11.5 Å². The molecule has 0 aliphatic carbocycles. The van der Waals surface area contributed by atoms with Gasteiger partial charge in [-0.25, -0.2) is 0 Å². The highest BCUT2D eigenvalue weighted by Crippen LogP contribution is 2.31. The molecule has 6 heteroatoms. The third-order valence-corrected chi connectivity index (χ3v) is 6.08. The normalized spacial score (nSPS) is 12.0. The Balaban J connectivity index is 1.65. The monoisotopic (exact) mass is 468 g/mol. The van der Waals surface area contributed by atoms with Gasteiger partial charge in [0.2, 0.25) is 11.8 Å². The van der Waals surface area contributed by atoms with Crippen LogP contribution in [0.25, 0.3) is 32.7 Å². The first-order valence-corrected chi connectivity index (χ1v) is 12.0. The van der Waals surface area contributed by atoms with Crippen LogP contribution < -0.4 is 22.1 Å². The molecule has 0 aliphatic rings. The first-order valence-electron chi connectivity index (χ1n) is 12.0. The SMILES string of the molecule is C[C@H](N)CC(=O)NCc1cc(-c2ccc3c(CNC(=O)CCN)cccc3c2)cc2ccccc12. The molecular formula is C29H32N4O2. The molecule has 0 fully saturated rings. The minimum atomic E-state index is -0.172. The Morgan fingerprint density at radius 1 is 0.771 bits per heavy atom. The molecule has 180 valence electrons. The van der Waals surface area contributed by atoms with Crippen LogP contribution in [0.4, 0.5) is 0 Å². The smallest absolute Gasteiger partial charge is 0.221 e. The van der Waals surface area contributed by atoms with E-state index in [4.69, 9.17) is 11.5 Å². The van der Waals surface area contributed by atoms with Crippen LogP contribution >= 0.6 is 0 Å². The second kappa shape index (κ2) is 11.1. The first kappa shape index (κ1) is 24.4. The Kier molecular flexibility index (Phi) is 7.75. The van der Waals surface area contributed by atoms with E-state index in [-0.39, 0.29) is 17.9 Å². The number of nitrogens with two attached hydrogens (primary N) is 2. The number of amides is 2. The zero-order valence-corrected chi connectivity index (χ0v) is 20.0. The van der Waals surface area contributed by atoms with Crippen molar-refractivity contribution in [3.05, 3.63) is 83.9 Å². The van der Waals surface area contributed by atoms with Crippen LogP contribution in [0.3, 0.4) is 0 Å². The molecular weight excluding hydrogens is 436 g/mol. The number of benzene rings is 4. The standard InChI is InChI=1S/C29H32N4O2/c1-19(31)13-29(35)33-18-25-16-24(15-21-5-2-3-8-26(21)25)20-9-10-27-22(14-20)6-4-7-23(27)17-32-28(34)11-12-30/h2-10,14-16,19H,11-13,17-18,30-31H2,1H3,(H,32,34)(H,33,35)/t19-/m0/s1. The second-order valence-corrected chi connectivity index (χ2v) is 8.98. The molecule has 0 saturated heterocycles. The molecule has 2 amide bonds. The van der Waals surface area contributed by atoms with Crippen molar-refractivity contribution < 1.29 is 9.59 Å². The third-order valence-electron chi connectivity index (χ3n) is 6.08. The summed E-state index contributed by atoms with van der Waals surface area (Å²) in [4.78, 5) is 24.1. The van der Waals surface area contributed by atoms with Crippen molar-refractivity contribution in [2.45, 2.75) is 38.9 Å². The maximum atomic E-state index is 12.2. The van der Waals surface area contributed by atoms with Gasteiger partial charge in [-0.1, -0.05) is 54.6 Å². The molecule has 0 bridgehead atoms. The number of nitrogens with one attached hydrogen (secondary N) is 2. The zero-order valence-electron chi connectivity index (χ0n) is 20.0. The Labute approximate surface area is 205 Å². The Morgan fingerprint density at radius 2 is 1.43 bits per heavy atom. The molecule has 35 heavy (non-hydrogen) atoms. The highest BCUT2D eigenvalue weighted by Gasteiger charge is 2.10. The molecule has 0 aliphatic heterocycles. The fraction of sp³-hybridized carbons (Fsp3) is 0.241. The quantitative estimate of drug-likeness (QED) is 0.298. The van der Waals surface area contributed by atoms with Crippen LogP contribution in [0, 0.1) is 0 Å². The van der Waals surface area contributed by atoms with E-state index in [2.05, 4.69) is 59.2 Å². The maximum Gasteiger partial charge on any atom is 0.221 e. The zero-order chi connectivity index (χ0) is 24.8. The topological polar surface area (TPSA) is 110 Å². The molecule has 6 N–H and O–H groups in total. The van der Waals surface area contributed by atoms with Crippen LogP contribution in [-0.2, 0) is 22.7 Å². The summed E-state index contributed by atoms with van der Waals surface area (Å²) in [5.41, 5.74) is 15.5. The molecule has 4 aromatic carbocycles. The van der Waals surface area contributed by atoms with E-state index >= 15 is 0 Å². The van der Waals surface area contributed by atoms with E-state index in [1.54, 1.807) is 0 Å². The fourth-order valence-electron chi connectivity index (χ4n) is 4.36. The summed E-state index contributed by atoms with van der Waals surface area (Å²) in [6, 6.07) is 24.9. The molecule has 4 aromatic rings. The number of hydrogen-bond acceptors (Lipinski definition) is 4. The van der Waals surface area contributed by atoms with Gasteiger partial charge in [-0.2, -0.15) is 0 Å². The van der Waals surface area contributed by atoms with Crippen LogP contribution in [0.15, 0.2) is 72.8 Å².